The van der Waals surface area contributed by atoms with Crippen LogP contribution in [0.4, 0.5) is 10.5 Å². The van der Waals surface area contributed by atoms with Crippen molar-refractivity contribution in [2.45, 2.75) is 25.3 Å². The van der Waals surface area contributed by atoms with Crippen molar-refractivity contribution in [3.05, 3.63) is 24.0 Å². The number of carbonyl (C=O) groups is 2. The molecule has 1 aliphatic rings. The van der Waals surface area contributed by atoms with E-state index in [9.17, 15) is 9.59 Å². The first kappa shape index (κ1) is 13.7. The molecule has 0 aromatic carbocycles. The van der Waals surface area contributed by atoms with Crippen LogP contribution in [0.3, 0.4) is 0 Å². The number of aromatic nitrogens is 1. The Morgan fingerprint density at radius 1 is 1.53 bits per heavy atom. The molecule has 6 nitrogen and oxygen atoms in total. The fourth-order valence-corrected chi connectivity index (χ4v) is 3.12. The number of carboxylic acids is 1. The van der Waals surface area contributed by atoms with E-state index in [1.54, 1.807) is 12.3 Å². The summed E-state index contributed by atoms with van der Waals surface area (Å²) in [6.07, 6.45) is 3.22. The third-order valence-corrected chi connectivity index (χ3v) is 4.09. The molecule has 0 saturated carbocycles. The van der Waals surface area contributed by atoms with Gasteiger partial charge in [-0.1, -0.05) is 0 Å². The highest BCUT2D eigenvalue weighted by molar-refractivity contribution is 8.00. The zero-order valence-corrected chi connectivity index (χ0v) is 11.5. The van der Waals surface area contributed by atoms with E-state index in [1.807, 2.05) is 13.8 Å². The van der Waals surface area contributed by atoms with Gasteiger partial charge in [-0.3, -0.25) is 9.88 Å². The van der Waals surface area contributed by atoms with Gasteiger partial charge in [0.15, 0.2) is 0 Å². The molecule has 1 aromatic rings. The largest absolute Gasteiger partial charge is 0.480 e. The van der Waals surface area contributed by atoms with Crippen LogP contribution in [-0.2, 0) is 4.79 Å². The number of amides is 2. The maximum absolute atomic E-state index is 12.2. The lowest BCUT2D eigenvalue weighted by Crippen LogP contribution is -2.46. The highest BCUT2D eigenvalue weighted by Gasteiger charge is 2.39. The number of anilines is 1. The van der Waals surface area contributed by atoms with Crippen LogP contribution < -0.4 is 5.32 Å². The Balaban J connectivity index is 2.12. The Morgan fingerprint density at radius 3 is 2.89 bits per heavy atom. The number of pyridine rings is 1. The van der Waals surface area contributed by atoms with Gasteiger partial charge in [-0.05, 0) is 25.5 Å². The number of aliphatic carboxylic acids is 1. The van der Waals surface area contributed by atoms with Crippen molar-refractivity contribution in [1.29, 1.82) is 0 Å². The lowest BCUT2D eigenvalue weighted by atomic mass is 10.3. The third-order valence-electron chi connectivity index (χ3n) is 2.87. The van der Waals surface area contributed by atoms with Crippen molar-refractivity contribution in [3.63, 3.8) is 0 Å². The number of nitrogens with one attached hydrogen (secondary N) is 1. The Bertz CT molecular complexity index is 509. The Morgan fingerprint density at radius 2 is 2.26 bits per heavy atom. The molecule has 2 amide bonds. The third kappa shape index (κ3) is 2.98. The molecular weight excluding hydrogens is 266 g/mol. The van der Waals surface area contributed by atoms with Crippen molar-refractivity contribution in [3.8, 4) is 0 Å². The zero-order valence-electron chi connectivity index (χ0n) is 10.7. The van der Waals surface area contributed by atoms with E-state index in [-0.39, 0.29) is 5.37 Å². The quantitative estimate of drug-likeness (QED) is 0.863. The summed E-state index contributed by atoms with van der Waals surface area (Å²) in [5, 5.41) is 11.6. The molecule has 2 atom stereocenters. The van der Waals surface area contributed by atoms with E-state index in [1.165, 1.54) is 22.9 Å². The monoisotopic (exact) mass is 281 g/mol. The van der Waals surface area contributed by atoms with Crippen LogP contribution in [0.1, 0.15) is 12.5 Å². The maximum atomic E-state index is 12.2. The molecule has 7 heteroatoms. The minimum atomic E-state index is -0.977. The molecule has 0 radical (unpaired) electrons. The Kier molecular flexibility index (Phi) is 3.94. The molecule has 102 valence electrons. The number of hydrogen-bond donors (Lipinski definition) is 2. The van der Waals surface area contributed by atoms with Gasteiger partial charge in [0.1, 0.15) is 6.04 Å². The lowest BCUT2D eigenvalue weighted by molar-refractivity contribution is -0.141. The van der Waals surface area contributed by atoms with Gasteiger partial charge in [0.05, 0.1) is 17.3 Å². The Labute approximate surface area is 115 Å². The van der Waals surface area contributed by atoms with Gasteiger partial charge in [0.25, 0.3) is 0 Å². The minimum absolute atomic E-state index is 0.154. The van der Waals surface area contributed by atoms with E-state index in [2.05, 4.69) is 10.3 Å². The van der Waals surface area contributed by atoms with Crippen LogP contribution in [0.25, 0.3) is 0 Å². The second kappa shape index (κ2) is 5.48. The first-order valence-corrected chi connectivity index (χ1v) is 6.89. The van der Waals surface area contributed by atoms with Gasteiger partial charge in [-0.25, -0.2) is 9.59 Å². The predicted molar refractivity (Wildman–Crippen MR) is 73.2 cm³/mol. The summed E-state index contributed by atoms with van der Waals surface area (Å²) in [5.74, 6) is -0.565. The highest BCUT2D eigenvalue weighted by atomic mass is 32.2. The molecule has 2 unspecified atom stereocenters. The normalized spacial score (nSPS) is 22.3. The van der Waals surface area contributed by atoms with E-state index in [0.717, 1.165) is 5.56 Å². The topological polar surface area (TPSA) is 82.5 Å². The predicted octanol–water partition coefficient (Wildman–Crippen LogP) is 1.77. The van der Waals surface area contributed by atoms with Crippen LogP contribution in [0.5, 0.6) is 0 Å². The van der Waals surface area contributed by atoms with Crippen molar-refractivity contribution in [2.75, 3.05) is 11.1 Å². The highest BCUT2D eigenvalue weighted by Crippen LogP contribution is 2.29. The van der Waals surface area contributed by atoms with Crippen LogP contribution in [0.15, 0.2) is 18.5 Å². The molecule has 2 N–H and O–H groups in total. The number of urea groups is 1. The van der Waals surface area contributed by atoms with Crippen LogP contribution >= 0.6 is 11.8 Å². The van der Waals surface area contributed by atoms with Crippen molar-refractivity contribution in [2.24, 2.45) is 0 Å². The lowest BCUT2D eigenvalue weighted by Gasteiger charge is -2.25. The van der Waals surface area contributed by atoms with Gasteiger partial charge in [-0.2, -0.15) is 0 Å². The van der Waals surface area contributed by atoms with E-state index >= 15 is 0 Å². The fraction of sp³-hybridized carbons (Fsp3) is 0.417. The van der Waals surface area contributed by atoms with Crippen molar-refractivity contribution < 1.29 is 14.7 Å². The summed E-state index contributed by atoms with van der Waals surface area (Å²) in [5.41, 5.74) is 1.50. The minimum Gasteiger partial charge on any atom is -0.480 e. The average Bonchev–Trinajstić information content (AvgIpc) is 2.71. The number of thioether (sulfide) groups is 1. The van der Waals surface area contributed by atoms with Crippen LogP contribution in [0.2, 0.25) is 0 Å². The summed E-state index contributed by atoms with van der Waals surface area (Å²) in [4.78, 5) is 28.6. The number of carboxylic acid groups (broad SMARTS) is 1. The SMILES string of the molecule is Cc1cncc(NC(=O)N2C(C)SCC2C(=O)O)c1. The summed E-state index contributed by atoms with van der Waals surface area (Å²) >= 11 is 1.45. The van der Waals surface area contributed by atoms with Gasteiger partial charge >= 0.3 is 12.0 Å². The van der Waals surface area contributed by atoms with Gasteiger partial charge in [-0.15, -0.1) is 11.8 Å². The summed E-state index contributed by atoms with van der Waals surface area (Å²) in [6, 6.07) is 0.601. The van der Waals surface area contributed by atoms with Crippen LogP contribution in [0, 0.1) is 6.92 Å². The first-order valence-electron chi connectivity index (χ1n) is 5.84. The standard InChI is InChI=1S/C12H15N3O3S/c1-7-3-9(5-13-4-7)14-12(18)15-8(2)19-6-10(15)11(16)17/h3-5,8,10H,6H2,1-2H3,(H,14,18)(H,16,17). The molecule has 1 saturated heterocycles. The number of hydrogen-bond acceptors (Lipinski definition) is 4. The van der Waals surface area contributed by atoms with Crippen molar-refractivity contribution in [1.82, 2.24) is 9.88 Å². The van der Waals surface area contributed by atoms with E-state index < -0.39 is 18.0 Å². The molecule has 0 aliphatic carbocycles. The molecule has 0 bridgehead atoms. The summed E-state index contributed by atoms with van der Waals surface area (Å²) < 4.78 is 0. The van der Waals surface area contributed by atoms with Gasteiger partial charge in [0, 0.05) is 11.9 Å². The van der Waals surface area contributed by atoms with Crippen molar-refractivity contribution >= 4 is 29.4 Å². The molecule has 2 rings (SSSR count). The van der Waals surface area contributed by atoms with Crippen LogP contribution in [-0.4, -0.2) is 44.2 Å². The number of carbonyl (C=O) groups excluding carboxylic acids is 1. The molecular formula is C12H15N3O3S. The Hall–Kier alpha value is -1.76. The summed E-state index contributed by atoms with van der Waals surface area (Å²) in [6.45, 7) is 3.69. The molecule has 1 aromatic heterocycles. The second-order valence-electron chi connectivity index (χ2n) is 4.38. The zero-order chi connectivity index (χ0) is 14.0. The molecule has 0 spiro atoms. The molecule has 2 heterocycles. The number of nitrogens with zero attached hydrogens (tertiary/aromatic N) is 2. The van der Waals surface area contributed by atoms with E-state index in [0.29, 0.717) is 11.4 Å². The maximum Gasteiger partial charge on any atom is 0.327 e. The smallest absolute Gasteiger partial charge is 0.327 e. The first-order chi connectivity index (χ1) is 8.99. The van der Waals surface area contributed by atoms with E-state index in [4.69, 9.17) is 5.11 Å². The van der Waals surface area contributed by atoms with Gasteiger partial charge in [0.2, 0.25) is 0 Å². The number of aryl methyl sites for hydroxylation is 1. The fourth-order valence-electron chi connectivity index (χ4n) is 1.95. The second-order valence-corrected chi connectivity index (χ2v) is 5.72. The number of rotatable bonds is 2. The molecule has 19 heavy (non-hydrogen) atoms. The summed E-state index contributed by atoms with van der Waals surface area (Å²) in [7, 11) is 0. The van der Waals surface area contributed by atoms with Gasteiger partial charge < -0.3 is 10.4 Å². The average molecular weight is 281 g/mol. The molecule has 1 aliphatic heterocycles. The molecule has 1 fully saturated rings.